The van der Waals surface area contributed by atoms with Crippen LogP contribution in [0.4, 0.5) is 0 Å². The molecule has 4 nitrogen and oxygen atoms in total. The monoisotopic (exact) mass is 650 g/mol. The Kier molecular flexibility index (Phi) is 6.78. The van der Waals surface area contributed by atoms with Crippen LogP contribution in [0.3, 0.4) is 0 Å². The van der Waals surface area contributed by atoms with Crippen molar-refractivity contribution in [1.82, 2.24) is 19.6 Å². The van der Waals surface area contributed by atoms with Crippen LogP contribution in [0.1, 0.15) is 0 Å². The van der Waals surface area contributed by atoms with E-state index in [1.165, 1.54) is 5.39 Å². The van der Waals surface area contributed by atoms with Gasteiger partial charge in [0.05, 0.1) is 27.9 Å². The maximum atomic E-state index is 5.49. The second-order valence-corrected chi connectivity index (χ2v) is 12.8. The highest BCUT2D eigenvalue weighted by atomic mass is 15.2. The smallest absolute Gasteiger partial charge is 0.101 e. The molecule has 0 bridgehead atoms. The number of hydrogen-bond donors (Lipinski definition) is 0. The zero-order valence-electron chi connectivity index (χ0n) is 27.6. The van der Waals surface area contributed by atoms with Gasteiger partial charge >= 0.3 is 0 Å². The number of benzene rings is 6. The Morgan fingerprint density at radius 2 is 0.961 bits per heavy atom. The van der Waals surface area contributed by atoms with Crippen LogP contribution in [0, 0.1) is 0 Å². The minimum absolute atomic E-state index is 0.916. The summed E-state index contributed by atoms with van der Waals surface area (Å²) < 4.78 is 2.19. The molecule has 0 N–H and O–H groups in total. The fourth-order valence-electron chi connectivity index (χ4n) is 7.49. The van der Waals surface area contributed by atoms with Crippen LogP contribution in [0.15, 0.2) is 182 Å². The van der Waals surface area contributed by atoms with Gasteiger partial charge in [0.25, 0.3) is 0 Å². The van der Waals surface area contributed by atoms with Crippen molar-refractivity contribution in [3.05, 3.63) is 182 Å². The second kappa shape index (κ2) is 11.9. The van der Waals surface area contributed by atoms with E-state index in [1.54, 1.807) is 0 Å². The van der Waals surface area contributed by atoms with E-state index in [9.17, 15) is 0 Å². The first-order valence-electron chi connectivity index (χ1n) is 17.2. The molecule has 0 saturated heterocycles. The summed E-state index contributed by atoms with van der Waals surface area (Å²) in [5.74, 6) is 0. The molecule has 0 radical (unpaired) electrons. The molecule has 10 rings (SSSR count). The van der Waals surface area contributed by atoms with Gasteiger partial charge in [-0.25, -0.2) is 9.50 Å². The molecule has 0 fully saturated rings. The van der Waals surface area contributed by atoms with E-state index in [0.717, 1.165) is 88.7 Å². The van der Waals surface area contributed by atoms with E-state index in [1.807, 2.05) is 12.3 Å². The molecule has 6 aromatic carbocycles. The minimum Gasteiger partial charge on any atom is -0.254 e. The quantitative estimate of drug-likeness (QED) is 0.174. The predicted molar refractivity (Wildman–Crippen MR) is 210 cm³/mol. The molecule has 0 aliphatic heterocycles. The van der Waals surface area contributed by atoms with Gasteiger partial charge in [0.1, 0.15) is 5.69 Å². The molecule has 0 saturated carbocycles. The summed E-state index contributed by atoms with van der Waals surface area (Å²) in [5, 5.41) is 9.99. The molecule has 10 aromatic rings. The van der Waals surface area contributed by atoms with Gasteiger partial charge in [0, 0.05) is 50.2 Å². The maximum absolute atomic E-state index is 5.49. The zero-order valence-corrected chi connectivity index (χ0v) is 27.6. The summed E-state index contributed by atoms with van der Waals surface area (Å²) in [7, 11) is 0. The standard InChI is InChI=1S/C47H30N4/c1-4-13-32(14-5-1)42-43(34-15-6-2-7-16-34)50-51-46(37-17-8-3-9-18-37)41(38-20-10-11-21-39(38)47(42)51)33-24-22-31(23-25-33)40-29-28-36-27-26-35-19-12-30-48-44(35)45(36)49-40/h1-30H. The van der Waals surface area contributed by atoms with Crippen LogP contribution in [-0.2, 0) is 0 Å². The number of rotatable bonds is 5. The van der Waals surface area contributed by atoms with Crippen molar-refractivity contribution in [3.8, 4) is 56.0 Å². The number of aromatic nitrogens is 4. The van der Waals surface area contributed by atoms with E-state index in [-0.39, 0.29) is 0 Å². The number of nitrogens with zero attached hydrogens (tertiary/aromatic N) is 4. The molecule has 0 atom stereocenters. The molecule has 0 aliphatic carbocycles. The highest BCUT2D eigenvalue weighted by Crippen LogP contribution is 2.45. The van der Waals surface area contributed by atoms with E-state index >= 15 is 0 Å². The van der Waals surface area contributed by atoms with E-state index in [0.29, 0.717) is 0 Å². The van der Waals surface area contributed by atoms with Gasteiger partial charge in [-0.3, -0.25) is 4.98 Å². The Morgan fingerprint density at radius 1 is 0.392 bits per heavy atom. The molecule has 4 aromatic heterocycles. The van der Waals surface area contributed by atoms with Crippen molar-refractivity contribution in [2.75, 3.05) is 0 Å². The van der Waals surface area contributed by atoms with E-state index in [4.69, 9.17) is 10.1 Å². The predicted octanol–water partition coefficient (Wildman–Crippen LogP) is 11.9. The molecule has 0 amide bonds. The van der Waals surface area contributed by atoms with Crippen LogP contribution in [0.25, 0.3) is 94.1 Å². The second-order valence-electron chi connectivity index (χ2n) is 12.8. The Bertz CT molecular complexity index is 2880. The highest BCUT2D eigenvalue weighted by Gasteiger charge is 2.25. The lowest BCUT2D eigenvalue weighted by atomic mass is 9.91. The van der Waals surface area contributed by atoms with Crippen molar-refractivity contribution in [2.24, 2.45) is 0 Å². The van der Waals surface area contributed by atoms with Crippen molar-refractivity contribution >= 4 is 38.1 Å². The third-order valence-corrected chi connectivity index (χ3v) is 9.84. The lowest BCUT2D eigenvalue weighted by Gasteiger charge is -2.18. The summed E-state index contributed by atoms with van der Waals surface area (Å²) in [6.45, 7) is 0. The van der Waals surface area contributed by atoms with Gasteiger partial charge in [-0.05, 0) is 28.6 Å². The largest absolute Gasteiger partial charge is 0.254 e. The molecule has 0 unspecified atom stereocenters. The SMILES string of the molecule is c1ccc(-c2nn3c(-c4ccccc4)c(-c4ccc(-c5ccc6ccc7cccnc7c6n5)cc4)c4ccccc4c3c2-c2ccccc2)cc1. The molecule has 0 aliphatic rings. The van der Waals surface area contributed by atoms with Gasteiger partial charge in [0.2, 0.25) is 0 Å². The van der Waals surface area contributed by atoms with Crippen LogP contribution in [0.2, 0.25) is 0 Å². The number of pyridine rings is 3. The van der Waals surface area contributed by atoms with Crippen molar-refractivity contribution in [1.29, 1.82) is 0 Å². The zero-order chi connectivity index (χ0) is 33.7. The molecule has 51 heavy (non-hydrogen) atoms. The Labute approximate surface area is 295 Å². The first kappa shape index (κ1) is 29.0. The Morgan fingerprint density at radius 3 is 1.69 bits per heavy atom. The minimum atomic E-state index is 0.916. The lowest BCUT2D eigenvalue weighted by molar-refractivity contribution is 0.981. The highest BCUT2D eigenvalue weighted by molar-refractivity contribution is 6.15. The lowest BCUT2D eigenvalue weighted by Crippen LogP contribution is -2.00. The van der Waals surface area contributed by atoms with Crippen LogP contribution >= 0.6 is 0 Å². The van der Waals surface area contributed by atoms with Gasteiger partial charge in [-0.15, -0.1) is 0 Å². The molecule has 0 spiro atoms. The van der Waals surface area contributed by atoms with Crippen LogP contribution in [0.5, 0.6) is 0 Å². The summed E-state index contributed by atoms with van der Waals surface area (Å²) in [6.07, 6.45) is 1.83. The van der Waals surface area contributed by atoms with Crippen molar-refractivity contribution < 1.29 is 0 Å². The first-order chi connectivity index (χ1) is 25.3. The summed E-state index contributed by atoms with van der Waals surface area (Å²) in [6, 6.07) is 61.9. The first-order valence-corrected chi connectivity index (χ1v) is 17.2. The van der Waals surface area contributed by atoms with Gasteiger partial charge < -0.3 is 0 Å². The van der Waals surface area contributed by atoms with Gasteiger partial charge in [-0.1, -0.05) is 164 Å². The van der Waals surface area contributed by atoms with Crippen molar-refractivity contribution in [2.45, 2.75) is 0 Å². The Balaban J connectivity index is 1.24. The molecular weight excluding hydrogens is 621 g/mol. The molecule has 4 heterocycles. The molecule has 238 valence electrons. The molecular formula is C47H30N4. The van der Waals surface area contributed by atoms with Crippen molar-refractivity contribution in [3.63, 3.8) is 0 Å². The van der Waals surface area contributed by atoms with Crippen LogP contribution in [-0.4, -0.2) is 19.6 Å². The normalized spacial score (nSPS) is 11.5. The third kappa shape index (κ3) is 4.80. The summed E-state index contributed by atoms with van der Waals surface area (Å²) >= 11 is 0. The molecule has 4 heteroatoms. The topological polar surface area (TPSA) is 43.1 Å². The fraction of sp³-hybridized carbons (Fsp3) is 0. The van der Waals surface area contributed by atoms with E-state index < -0.39 is 0 Å². The van der Waals surface area contributed by atoms with Gasteiger partial charge in [0.15, 0.2) is 0 Å². The fourth-order valence-corrected chi connectivity index (χ4v) is 7.49. The average molecular weight is 651 g/mol. The summed E-state index contributed by atoms with van der Waals surface area (Å²) in [4.78, 5) is 9.79. The van der Waals surface area contributed by atoms with Gasteiger partial charge in [-0.2, -0.15) is 5.10 Å². The average Bonchev–Trinajstić information content (AvgIpc) is 3.62. The number of hydrogen-bond acceptors (Lipinski definition) is 3. The number of fused-ring (bicyclic) bond motifs is 6. The third-order valence-electron chi connectivity index (χ3n) is 9.84. The Hall–Kier alpha value is -6.91. The summed E-state index contributed by atoms with van der Waals surface area (Å²) in [5.41, 5.74) is 13.6. The van der Waals surface area contributed by atoms with E-state index in [2.05, 4.69) is 179 Å². The maximum Gasteiger partial charge on any atom is 0.101 e. The van der Waals surface area contributed by atoms with Crippen LogP contribution < -0.4 is 0 Å².